The molecule has 0 bridgehead atoms. The van der Waals surface area contributed by atoms with Crippen LogP contribution in [0.1, 0.15) is 29.9 Å². The van der Waals surface area contributed by atoms with Crippen LogP contribution in [0.5, 0.6) is 5.75 Å². The number of benzene rings is 1. The number of piperidine rings is 1. The van der Waals surface area contributed by atoms with E-state index in [4.69, 9.17) is 4.74 Å². The zero-order chi connectivity index (χ0) is 13.2. The summed E-state index contributed by atoms with van der Waals surface area (Å²) in [6.07, 6.45) is 2.62. The molecule has 3 heteroatoms. The van der Waals surface area contributed by atoms with Gasteiger partial charge in [-0.2, -0.15) is 0 Å². The molecule has 3 rings (SSSR count). The standard InChI is InChI=1S/C16H24N2O/c1-18-10-13-9-14(19-2)3-4-15(13)16(11-18)12-5-7-17-8-6-12/h3-4,9,12,16-17H,5-8,10-11H2,1-2H3. The monoisotopic (exact) mass is 260 g/mol. The van der Waals surface area contributed by atoms with Gasteiger partial charge in [0.1, 0.15) is 5.75 Å². The van der Waals surface area contributed by atoms with E-state index in [0.29, 0.717) is 5.92 Å². The van der Waals surface area contributed by atoms with E-state index >= 15 is 0 Å². The van der Waals surface area contributed by atoms with Crippen molar-refractivity contribution in [3.63, 3.8) is 0 Å². The molecule has 1 unspecified atom stereocenters. The molecule has 1 aromatic carbocycles. The molecular weight excluding hydrogens is 236 g/mol. The van der Waals surface area contributed by atoms with E-state index in [1.165, 1.54) is 38.0 Å². The molecular formula is C16H24N2O. The van der Waals surface area contributed by atoms with Crippen LogP contribution in [0.2, 0.25) is 0 Å². The van der Waals surface area contributed by atoms with Crippen LogP contribution in [0.4, 0.5) is 0 Å². The third-order valence-electron chi connectivity index (χ3n) is 4.65. The van der Waals surface area contributed by atoms with Gasteiger partial charge in [-0.15, -0.1) is 0 Å². The smallest absolute Gasteiger partial charge is 0.119 e. The Labute approximate surface area is 115 Å². The fraction of sp³-hybridized carbons (Fsp3) is 0.625. The van der Waals surface area contributed by atoms with Gasteiger partial charge in [0.15, 0.2) is 0 Å². The highest BCUT2D eigenvalue weighted by atomic mass is 16.5. The summed E-state index contributed by atoms with van der Waals surface area (Å²) in [5.74, 6) is 2.51. The highest BCUT2D eigenvalue weighted by Gasteiger charge is 2.30. The van der Waals surface area contributed by atoms with Gasteiger partial charge >= 0.3 is 0 Å². The first-order valence-electron chi connectivity index (χ1n) is 7.34. The van der Waals surface area contributed by atoms with E-state index in [1.807, 2.05) is 0 Å². The number of hydrogen-bond donors (Lipinski definition) is 1. The van der Waals surface area contributed by atoms with Gasteiger partial charge in [0.2, 0.25) is 0 Å². The lowest BCUT2D eigenvalue weighted by Crippen LogP contribution is -2.38. The predicted molar refractivity (Wildman–Crippen MR) is 77.7 cm³/mol. The van der Waals surface area contributed by atoms with Crippen molar-refractivity contribution >= 4 is 0 Å². The molecule has 3 nitrogen and oxygen atoms in total. The molecule has 19 heavy (non-hydrogen) atoms. The summed E-state index contributed by atoms with van der Waals surface area (Å²) in [6, 6.07) is 6.64. The summed E-state index contributed by atoms with van der Waals surface area (Å²) >= 11 is 0. The first-order valence-corrected chi connectivity index (χ1v) is 7.34. The van der Waals surface area contributed by atoms with E-state index in [-0.39, 0.29) is 0 Å². The molecule has 0 aliphatic carbocycles. The second-order valence-corrected chi connectivity index (χ2v) is 5.96. The number of fused-ring (bicyclic) bond motifs is 1. The number of nitrogens with one attached hydrogen (secondary N) is 1. The Bertz CT molecular complexity index is 440. The van der Waals surface area contributed by atoms with Crippen LogP contribution in [-0.4, -0.2) is 38.7 Å². The number of ether oxygens (including phenoxy) is 1. The molecule has 1 saturated heterocycles. The molecule has 1 atom stereocenters. The Kier molecular flexibility index (Phi) is 3.76. The molecule has 1 N–H and O–H groups in total. The molecule has 0 radical (unpaired) electrons. The van der Waals surface area contributed by atoms with E-state index < -0.39 is 0 Å². The van der Waals surface area contributed by atoms with Crippen LogP contribution in [0, 0.1) is 5.92 Å². The zero-order valence-electron chi connectivity index (χ0n) is 12.0. The highest BCUT2D eigenvalue weighted by molar-refractivity contribution is 5.39. The van der Waals surface area contributed by atoms with Gasteiger partial charge in [0, 0.05) is 13.1 Å². The highest BCUT2D eigenvalue weighted by Crippen LogP contribution is 2.38. The van der Waals surface area contributed by atoms with Gasteiger partial charge in [-0.05, 0) is 68.1 Å². The number of methoxy groups -OCH3 is 1. The third kappa shape index (κ3) is 2.63. The summed E-state index contributed by atoms with van der Waals surface area (Å²) in [4.78, 5) is 2.45. The average molecular weight is 260 g/mol. The van der Waals surface area contributed by atoms with E-state index in [0.717, 1.165) is 18.2 Å². The molecule has 104 valence electrons. The second-order valence-electron chi connectivity index (χ2n) is 5.96. The summed E-state index contributed by atoms with van der Waals surface area (Å²) in [7, 11) is 3.98. The van der Waals surface area contributed by atoms with Gasteiger partial charge < -0.3 is 15.0 Å². The minimum absolute atomic E-state index is 0.696. The maximum Gasteiger partial charge on any atom is 0.119 e. The van der Waals surface area contributed by atoms with Crippen molar-refractivity contribution in [2.45, 2.75) is 25.3 Å². The molecule has 2 aliphatic heterocycles. The van der Waals surface area contributed by atoms with Crippen LogP contribution in [-0.2, 0) is 6.54 Å². The number of likely N-dealkylation sites (N-methyl/N-ethyl adjacent to an activating group) is 1. The van der Waals surface area contributed by atoms with Crippen molar-refractivity contribution in [1.82, 2.24) is 10.2 Å². The van der Waals surface area contributed by atoms with E-state index in [1.54, 1.807) is 12.7 Å². The van der Waals surface area contributed by atoms with Gasteiger partial charge in [-0.3, -0.25) is 0 Å². The molecule has 1 fully saturated rings. The lowest BCUT2D eigenvalue weighted by atomic mass is 9.77. The second kappa shape index (κ2) is 5.51. The third-order valence-corrected chi connectivity index (χ3v) is 4.65. The fourth-order valence-electron chi connectivity index (χ4n) is 3.65. The van der Waals surface area contributed by atoms with Crippen molar-refractivity contribution in [1.29, 1.82) is 0 Å². The summed E-state index contributed by atoms with van der Waals surface area (Å²) < 4.78 is 5.37. The van der Waals surface area contributed by atoms with Crippen LogP contribution in [0.25, 0.3) is 0 Å². The number of hydrogen-bond acceptors (Lipinski definition) is 3. The Hall–Kier alpha value is -1.06. The van der Waals surface area contributed by atoms with Crippen molar-refractivity contribution in [3.05, 3.63) is 29.3 Å². The van der Waals surface area contributed by atoms with Gasteiger partial charge in [0.05, 0.1) is 7.11 Å². The molecule has 0 spiro atoms. The maximum absolute atomic E-state index is 5.37. The summed E-state index contributed by atoms with van der Waals surface area (Å²) in [6.45, 7) is 4.60. The molecule has 0 amide bonds. The Balaban J connectivity index is 1.90. The quantitative estimate of drug-likeness (QED) is 0.882. The first-order chi connectivity index (χ1) is 9.28. The van der Waals surface area contributed by atoms with Gasteiger partial charge in [0.25, 0.3) is 0 Å². The molecule has 0 saturated carbocycles. The van der Waals surface area contributed by atoms with Gasteiger partial charge in [-0.25, -0.2) is 0 Å². The first kappa shape index (κ1) is 12.9. The molecule has 2 aliphatic rings. The largest absolute Gasteiger partial charge is 0.497 e. The minimum atomic E-state index is 0.696. The number of nitrogens with zero attached hydrogens (tertiary/aromatic N) is 1. The lowest BCUT2D eigenvalue weighted by molar-refractivity contribution is 0.214. The summed E-state index contributed by atoms with van der Waals surface area (Å²) in [5, 5.41) is 3.47. The molecule has 1 aromatic rings. The maximum atomic E-state index is 5.37. The normalized spacial score (nSPS) is 25.1. The van der Waals surface area contributed by atoms with Crippen LogP contribution in [0.15, 0.2) is 18.2 Å². The van der Waals surface area contributed by atoms with Crippen LogP contribution in [0.3, 0.4) is 0 Å². The van der Waals surface area contributed by atoms with Crippen LogP contribution < -0.4 is 10.1 Å². The molecule has 0 aromatic heterocycles. The fourth-order valence-corrected chi connectivity index (χ4v) is 3.65. The predicted octanol–water partition coefficient (Wildman–Crippen LogP) is 2.22. The van der Waals surface area contributed by atoms with Crippen molar-refractivity contribution in [2.24, 2.45) is 5.92 Å². The van der Waals surface area contributed by atoms with Gasteiger partial charge in [-0.1, -0.05) is 6.07 Å². The summed E-state index contributed by atoms with van der Waals surface area (Å²) in [5.41, 5.74) is 3.02. The van der Waals surface area contributed by atoms with Crippen molar-refractivity contribution < 1.29 is 4.74 Å². The van der Waals surface area contributed by atoms with E-state index in [9.17, 15) is 0 Å². The van der Waals surface area contributed by atoms with E-state index in [2.05, 4.69) is 35.5 Å². The topological polar surface area (TPSA) is 24.5 Å². The lowest BCUT2D eigenvalue weighted by Gasteiger charge is -2.38. The Morgan fingerprint density at radius 2 is 2.05 bits per heavy atom. The van der Waals surface area contributed by atoms with Crippen molar-refractivity contribution in [3.8, 4) is 5.75 Å². The van der Waals surface area contributed by atoms with Crippen LogP contribution >= 0.6 is 0 Å². The Morgan fingerprint density at radius 3 is 2.79 bits per heavy atom. The average Bonchev–Trinajstić information content (AvgIpc) is 2.46. The minimum Gasteiger partial charge on any atom is -0.497 e. The Morgan fingerprint density at radius 1 is 1.26 bits per heavy atom. The molecule has 2 heterocycles. The SMILES string of the molecule is COc1ccc2c(c1)CN(C)CC2C1CCNCC1. The zero-order valence-corrected chi connectivity index (χ0v) is 12.0. The van der Waals surface area contributed by atoms with Crippen molar-refractivity contribution in [2.75, 3.05) is 33.8 Å². The number of rotatable bonds is 2.